The van der Waals surface area contributed by atoms with Gasteiger partial charge in [-0.25, -0.2) is 0 Å². The van der Waals surface area contributed by atoms with Gasteiger partial charge < -0.3 is 10.1 Å². The molecule has 4 nitrogen and oxygen atoms in total. The number of hydrogen-bond donors (Lipinski definition) is 1. The van der Waals surface area contributed by atoms with E-state index in [1.165, 1.54) is 6.07 Å². The number of ether oxygens (including phenoxy) is 1. The number of benzene rings is 1. The Morgan fingerprint density at radius 1 is 1.15 bits per heavy atom. The van der Waals surface area contributed by atoms with Crippen LogP contribution in [0, 0.1) is 6.92 Å². The van der Waals surface area contributed by atoms with Gasteiger partial charge in [-0.05, 0) is 56.0 Å². The Bertz CT molecular complexity index is 733. The van der Waals surface area contributed by atoms with Gasteiger partial charge in [-0.15, -0.1) is 0 Å². The normalized spacial score (nSPS) is 11.2. The maximum absolute atomic E-state index is 12.6. The van der Waals surface area contributed by atoms with Crippen LogP contribution in [-0.4, -0.2) is 17.5 Å². The molecule has 0 saturated heterocycles. The summed E-state index contributed by atoms with van der Waals surface area (Å²) in [6.45, 7) is 2.55. The molecule has 0 unspecified atom stereocenters. The molecule has 2 rings (SSSR count). The Labute approximate surface area is 150 Å². The summed E-state index contributed by atoms with van der Waals surface area (Å²) in [6, 6.07) is 9.93. The van der Waals surface area contributed by atoms with Crippen LogP contribution in [0.2, 0.25) is 0 Å². The number of carbonyl (C=O) groups is 1. The number of nitrogens with zero attached hydrogens (tertiary/aromatic N) is 1. The molecule has 26 heavy (non-hydrogen) atoms. The number of unbranched alkanes of at least 4 members (excludes halogenated alkanes) is 2. The molecule has 0 aliphatic heterocycles. The van der Waals surface area contributed by atoms with Crippen molar-refractivity contribution in [3.63, 3.8) is 0 Å². The number of hydrogen-bond acceptors (Lipinski definition) is 3. The topological polar surface area (TPSA) is 51.2 Å². The first-order valence-electron chi connectivity index (χ1n) is 8.37. The van der Waals surface area contributed by atoms with Crippen molar-refractivity contribution in [3.8, 4) is 5.75 Å². The molecule has 0 bridgehead atoms. The zero-order valence-corrected chi connectivity index (χ0v) is 14.5. The minimum atomic E-state index is -4.53. The Morgan fingerprint density at radius 3 is 2.69 bits per heavy atom. The van der Waals surface area contributed by atoms with Crippen molar-refractivity contribution in [2.75, 3.05) is 11.9 Å². The van der Waals surface area contributed by atoms with Crippen LogP contribution in [-0.2, 0) is 11.0 Å². The molecule has 1 aromatic carbocycles. The third-order valence-corrected chi connectivity index (χ3v) is 3.64. The molecule has 1 N–H and O–H groups in total. The fourth-order valence-electron chi connectivity index (χ4n) is 2.35. The summed E-state index contributed by atoms with van der Waals surface area (Å²) in [5.41, 5.74) is 0.202. The van der Waals surface area contributed by atoms with Crippen LogP contribution in [0.5, 0.6) is 5.75 Å². The van der Waals surface area contributed by atoms with Crippen molar-refractivity contribution >= 4 is 11.6 Å². The molecule has 0 saturated carbocycles. The van der Waals surface area contributed by atoms with Gasteiger partial charge in [0.2, 0.25) is 5.91 Å². The molecule has 0 atom stereocenters. The Kier molecular flexibility index (Phi) is 7.00. The third kappa shape index (κ3) is 6.74. The Balaban J connectivity index is 1.65. The number of pyridine rings is 1. The van der Waals surface area contributed by atoms with E-state index in [0.717, 1.165) is 36.4 Å². The van der Waals surface area contributed by atoms with Crippen molar-refractivity contribution in [2.24, 2.45) is 0 Å². The van der Waals surface area contributed by atoms with Crippen LogP contribution >= 0.6 is 0 Å². The average molecular weight is 366 g/mol. The van der Waals surface area contributed by atoms with Gasteiger partial charge in [0.15, 0.2) is 0 Å². The smallest absolute Gasteiger partial charge is 0.433 e. The maximum atomic E-state index is 12.6. The van der Waals surface area contributed by atoms with Gasteiger partial charge in [-0.2, -0.15) is 13.2 Å². The maximum Gasteiger partial charge on any atom is 0.433 e. The standard InChI is InChI=1S/C19H21F3N2O2/c1-14-6-5-7-16(12-14)26-11-4-2-3-8-18(25)24-15-9-10-23-17(13-15)19(20,21)22/h5-7,9-10,12-13H,2-4,8,11H2,1H3,(H,23,24,25). The summed E-state index contributed by atoms with van der Waals surface area (Å²) >= 11 is 0. The molecule has 0 spiro atoms. The number of aryl methyl sites for hydroxylation is 1. The SMILES string of the molecule is Cc1cccc(OCCCCCC(=O)Nc2ccnc(C(F)(F)F)c2)c1. The summed E-state index contributed by atoms with van der Waals surface area (Å²) in [4.78, 5) is 15.1. The highest BCUT2D eigenvalue weighted by Gasteiger charge is 2.32. The largest absolute Gasteiger partial charge is 0.494 e. The fraction of sp³-hybridized carbons (Fsp3) is 0.368. The second-order valence-corrected chi connectivity index (χ2v) is 5.95. The molecule has 1 amide bonds. The molecule has 1 aromatic heterocycles. The summed E-state index contributed by atoms with van der Waals surface area (Å²) < 4.78 is 43.4. The Hall–Kier alpha value is -2.57. The number of nitrogens with one attached hydrogen (secondary N) is 1. The van der Waals surface area contributed by atoms with Crippen LogP contribution in [0.25, 0.3) is 0 Å². The number of rotatable bonds is 8. The van der Waals surface area contributed by atoms with Gasteiger partial charge in [0.1, 0.15) is 11.4 Å². The molecule has 0 aliphatic carbocycles. The Morgan fingerprint density at radius 2 is 1.96 bits per heavy atom. The van der Waals surface area contributed by atoms with Crippen LogP contribution in [0.15, 0.2) is 42.6 Å². The molecule has 0 aliphatic rings. The van der Waals surface area contributed by atoms with E-state index in [1.54, 1.807) is 0 Å². The number of alkyl halides is 3. The van der Waals surface area contributed by atoms with Gasteiger partial charge >= 0.3 is 6.18 Å². The van der Waals surface area contributed by atoms with E-state index in [9.17, 15) is 18.0 Å². The lowest BCUT2D eigenvalue weighted by atomic mass is 10.2. The van der Waals surface area contributed by atoms with Gasteiger partial charge in [0.05, 0.1) is 6.61 Å². The number of anilines is 1. The van der Waals surface area contributed by atoms with E-state index >= 15 is 0 Å². The number of halogens is 3. The highest BCUT2D eigenvalue weighted by atomic mass is 19.4. The van der Waals surface area contributed by atoms with E-state index in [4.69, 9.17) is 4.74 Å². The molecule has 7 heteroatoms. The van der Waals surface area contributed by atoms with Crippen molar-refractivity contribution in [1.29, 1.82) is 0 Å². The van der Waals surface area contributed by atoms with E-state index in [1.807, 2.05) is 31.2 Å². The lowest BCUT2D eigenvalue weighted by Gasteiger charge is -2.09. The zero-order valence-electron chi connectivity index (χ0n) is 14.5. The predicted molar refractivity (Wildman–Crippen MR) is 93.0 cm³/mol. The molecule has 140 valence electrons. The molecular weight excluding hydrogens is 345 g/mol. The van der Waals surface area contributed by atoms with E-state index in [0.29, 0.717) is 13.0 Å². The lowest BCUT2D eigenvalue weighted by Crippen LogP contribution is -2.13. The minimum absolute atomic E-state index is 0.0973. The zero-order chi connectivity index (χ0) is 19.0. The van der Waals surface area contributed by atoms with E-state index < -0.39 is 11.9 Å². The molecule has 1 heterocycles. The monoisotopic (exact) mass is 366 g/mol. The van der Waals surface area contributed by atoms with Gasteiger partial charge in [0.25, 0.3) is 0 Å². The minimum Gasteiger partial charge on any atom is -0.494 e. The van der Waals surface area contributed by atoms with Crippen molar-refractivity contribution in [2.45, 2.75) is 38.8 Å². The molecule has 2 aromatic rings. The van der Waals surface area contributed by atoms with Crippen molar-refractivity contribution in [3.05, 3.63) is 53.9 Å². The molecule has 0 fully saturated rings. The average Bonchev–Trinajstić information content (AvgIpc) is 2.57. The molecular formula is C19H21F3N2O2. The van der Waals surface area contributed by atoms with Crippen LogP contribution in [0.3, 0.4) is 0 Å². The highest BCUT2D eigenvalue weighted by molar-refractivity contribution is 5.90. The van der Waals surface area contributed by atoms with E-state index in [-0.39, 0.29) is 18.0 Å². The number of carbonyl (C=O) groups excluding carboxylic acids is 1. The van der Waals surface area contributed by atoms with Gasteiger partial charge in [-0.1, -0.05) is 12.1 Å². The summed E-state index contributed by atoms with van der Waals surface area (Å²) in [6.07, 6.45) is -1.02. The van der Waals surface area contributed by atoms with Crippen LogP contribution in [0.4, 0.5) is 18.9 Å². The first-order valence-corrected chi connectivity index (χ1v) is 8.37. The predicted octanol–water partition coefficient (Wildman–Crippen LogP) is 4.99. The molecule has 0 radical (unpaired) electrons. The summed E-state index contributed by atoms with van der Waals surface area (Å²) in [5, 5.41) is 2.47. The second kappa shape index (κ2) is 9.22. The van der Waals surface area contributed by atoms with Crippen LogP contribution < -0.4 is 10.1 Å². The van der Waals surface area contributed by atoms with Crippen LogP contribution in [0.1, 0.15) is 36.9 Å². The summed E-state index contributed by atoms with van der Waals surface area (Å²) in [7, 11) is 0. The second-order valence-electron chi connectivity index (χ2n) is 5.95. The number of amides is 1. The number of aromatic nitrogens is 1. The third-order valence-electron chi connectivity index (χ3n) is 3.64. The summed E-state index contributed by atoms with van der Waals surface area (Å²) in [5.74, 6) is 0.504. The fourth-order valence-corrected chi connectivity index (χ4v) is 2.35. The highest BCUT2D eigenvalue weighted by Crippen LogP contribution is 2.28. The van der Waals surface area contributed by atoms with E-state index in [2.05, 4.69) is 10.3 Å². The quantitative estimate of drug-likeness (QED) is 0.670. The lowest BCUT2D eigenvalue weighted by molar-refractivity contribution is -0.141. The first kappa shape index (κ1) is 19.8. The van der Waals surface area contributed by atoms with Crippen molar-refractivity contribution in [1.82, 2.24) is 4.98 Å². The van der Waals surface area contributed by atoms with Gasteiger partial charge in [0, 0.05) is 18.3 Å². The van der Waals surface area contributed by atoms with Gasteiger partial charge in [-0.3, -0.25) is 9.78 Å². The first-order chi connectivity index (χ1) is 12.3. The van der Waals surface area contributed by atoms with Crippen molar-refractivity contribution < 1.29 is 22.7 Å².